The van der Waals surface area contributed by atoms with Crippen molar-refractivity contribution in [1.82, 2.24) is 9.80 Å². The molecular formula is C82H92Cl4F6N2O11Si. The molecule has 24 heteroatoms. The van der Waals surface area contributed by atoms with Crippen LogP contribution in [0.5, 0.6) is 11.5 Å². The summed E-state index contributed by atoms with van der Waals surface area (Å²) in [6, 6.07) is 57.0. The molecule has 8 rings (SSSR count). The monoisotopic (exact) mass is 1560 g/mol. The first kappa shape index (κ1) is 85.9. The lowest BCUT2D eigenvalue weighted by Gasteiger charge is -2.43. The second kappa shape index (κ2) is 38.7. The third-order valence-electron chi connectivity index (χ3n) is 16.5. The highest BCUT2D eigenvalue weighted by Crippen LogP contribution is 2.43. The van der Waals surface area contributed by atoms with Crippen LogP contribution in [-0.2, 0) is 59.0 Å². The SMILES string of the molecule is CN(CCOc1ccc(CC(OCc2ccc(C(=O)OC(C)(C)C)cc2)C(=O)C(F)(F)F)cc1)CC(c1ccc(Cl)cc1)c1ccc(Cl)cc1.COC(O[Si](C)(C)C)(C(Cc1ccc(OCCN(C)CC(c2ccc(Cl)cc2)c2ccc(Cl)cc2)cc1)OCc1ccc(C(=O)OC(C)(C)C)cc1)C(F)(F)F. The van der Waals surface area contributed by atoms with Crippen molar-refractivity contribution in [3.8, 4) is 11.5 Å². The van der Waals surface area contributed by atoms with E-state index >= 15 is 13.2 Å². The van der Waals surface area contributed by atoms with E-state index in [0.717, 1.165) is 29.4 Å². The number of halogens is 10. The van der Waals surface area contributed by atoms with E-state index in [0.29, 0.717) is 104 Å². The first-order valence-corrected chi connectivity index (χ1v) is 39.3. The van der Waals surface area contributed by atoms with E-state index < -0.39 is 67.6 Å². The highest BCUT2D eigenvalue weighted by Gasteiger charge is 2.64. The van der Waals surface area contributed by atoms with Gasteiger partial charge in [-0.1, -0.05) is 143 Å². The first-order chi connectivity index (χ1) is 49.7. The lowest BCUT2D eigenvalue weighted by Crippen LogP contribution is -2.63. The second-order valence-electron chi connectivity index (χ2n) is 28.7. The molecule has 106 heavy (non-hydrogen) atoms. The van der Waals surface area contributed by atoms with Crippen LogP contribution in [0, 0.1) is 0 Å². The van der Waals surface area contributed by atoms with Gasteiger partial charge in [-0.3, -0.25) is 4.79 Å². The molecule has 0 spiro atoms. The zero-order valence-corrected chi connectivity index (χ0v) is 65.5. The predicted octanol–water partition coefficient (Wildman–Crippen LogP) is 20.3. The summed E-state index contributed by atoms with van der Waals surface area (Å²) in [6.07, 6.45) is -13.8. The van der Waals surface area contributed by atoms with Gasteiger partial charge in [0.2, 0.25) is 0 Å². The highest BCUT2D eigenvalue weighted by atomic mass is 35.5. The van der Waals surface area contributed by atoms with Crippen LogP contribution < -0.4 is 9.47 Å². The lowest BCUT2D eigenvalue weighted by atomic mass is 9.91. The number of carbonyl (C=O) groups excluding carboxylic acids is 3. The molecular weight excluding hydrogens is 1470 g/mol. The molecule has 0 amide bonds. The topological polar surface area (TPSA) is 132 Å². The fourth-order valence-corrected chi connectivity index (χ4v) is 13.0. The van der Waals surface area contributed by atoms with Gasteiger partial charge < -0.3 is 47.4 Å². The van der Waals surface area contributed by atoms with Crippen LogP contribution in [0.3, 0.4) is 0 Å². The number of methoxy groups -OCH3 is 1. The van der Waals surface area contributed by atoms with Crippen LogP contribution in [-0.4, -0.2) is 138 Å². The van der Waals surface area contributed by atoms with E-state index in [2.05, 4.69) is 9.80 Å². The number of alkyl halides is 6. The number of ether oxygens (including phenoxy) is 7. The molecule has 0 fully saturated rings. The summed E-state index contributed by atoms with van der Waals surface area (Å²) in [5.41, 5.74) is 5.84. The summed E-state index contributed by atoms with van der Waals surface area (Å²) in [6.45, 7) is 18.5. The quantitative estimate of drug-likeness (QED) is 0.0167. The lowest BCUT2D eigenvalue weighted by molar-refractivity contribution is -0.382. The van der Waals surface area contributed by atoms with E-state index in [9.17, 15) is 27.6 Å². The van der Waals surface area contributed by atoms with Crippen molar-refractivity contribution in [2.75, 3.05) is 60.6 Å². The molecule has 3 unspecified atom stereocenters. The molecule has 0 aliphatic heterocycles. The molecule has 8 aromatic rings. The Morgan fingerprint density at radius 1 is 0.443 bits per heavy atom. The second-order valence-corrected chi connectivity index (χ2v) is 34.8. The normalized spacial score (nSPS) is 13.4. The summed E-state index contributed by atoms with van der Waals surface area (Å²) in [5, 5.41) is 2.66. The number of nitrogens with zero attached hydrogens (tertiary/aromatic N) is 2. The Kier molecular flexibility index (Phi) is 31.3. The van der Waals surface area contributed by atoms with Gasteiger partial charge in [0.15, 0.2) is 8.32 Å². The zero-order valence-electron chi connectivity index (χ0n) is 61.5. The number of benzene rings is 8. The van der Waals surface area contributed by atoms with E-state index in [1.54, 1.807) is 146 Å². The number of esters is 2. The maximum absolute atomic E-state index is 15.0. The van der Waals surface area contributed by atoms with Gasteiger partial charge in [0, 0.05) is 78.1 Å². The third-order valence-corrected chi connectivity index (χ3v) is 18.4. The van der Waals surface area contributed by atoms with Crippen LogP contribution in [0.4, 0.5) is 26.3 Å². The number of ketones is 1. The number of likely N-dealkylation sites (N-methyl/N-ethyl adjacent to an activating group) is 2. The summed E-state index contributed by atoms with van der Waals surface area (Å²) in [4.78, 5) is 41.4. The predicted molar refractivity (Wildman–Crippen MR) is 407 cm³/mol. The van der Waals surface area contributed by atoms with Gasteiger partial charge >= 0.3 is 24.3 Å². The Balaban J connectivity index is 0.000000298. The third kappa shape index (κ3) is 27.7. The van der Waals surface area contributed by atoms with Crippen molar-refractivity contribution >= 4 is 72.4 Å². The van der Waals surface area contributed by atoms with Crippen molar-refractivity contribution in [3.05, 3.63) is 270 Å². The van der Waals surface area contributed by atoms with Crippen LogP contribution in [0.2, 0.25) is 39.7 Å². The summed E-state index contributed by atoms with van der Waals surface area (Å²) >= 11 is 24.6. The van der Waals surface area contributed by atoms with E-state index in [1.165, 1.54) is 12.1 Å². The molecule has 0 aliphatic rings. The van der Waals surface area contributed by atoms with Gasteiger partial charge in [-0.15, -0.1) is 0 Å². The average Bonchev–Trinajstić information content (AvgIpc) is 0.762. The summed E-state index contributed by atoms with van der Waals surface area (Å²) in [5.74, 6) is -4.78. The van der Waals surface area contributed by atoms with Gasteiger partial charge in [0.25, 0.3) is 11.6 Å². The minimum absolute atomic E-state index is 0.0694. The van der Waals surface area contributed by atoms with E-state index in [-0.39, 0.29) is 37.9 Å². The van der Waals surface area contributed by atoms with Crippen molar-refractivity contribution in [1.29, 1.82) is 0 Å². The molecule has 0 bridgehead atoms. The van der Waals surface area contributed by atoms with Crippen molar-refractivity contribution < 1.29 is 78.3 Å². The minimum atomic E-state index is -5.07. The van der Waals surface area contributed by atoms with Gasteiger partial charge in [-0.25, -0.2) is 9.59 Å². The maximum atomic E-state index is 15.0. The maximum Gasteiger partial charge on any atom is 0.452 e. The fourth-order valence-electron chi connectivity index (χ4n) is 11.2. The molecule has 0 aromatic heterocycles. The molecule has 3 atom stereocenters. The van der Waals surface area contributed by atoms with Crippen LogP contribution in [0.15, 0.2) is 194 Å². The van der Waals surface area contributed by atoms with Crippen LogP contribution in [0.25, 0.3) is 0 Å². The number of hydrogen-bond acceptors (Lipinski definition) is 13. The van der Waals surface area contributed by atoms with Crippen molar-refractivity contribution in [2.24, 2.45) is 0 Å². The standard InChI is InChI=1S/C43H52Cl2F3NO6Si.C39H40Cl2F3NO5/c1-41(2,3)54-40(50)34-13-9-31(10-14-34)29-53-39(42(51-5,43(46,47)48)55-56(6,7)8)27-30-11-23-37(24-12-30)52-26-25-49(4)28-38(32-15-19-35(44)20-16-32)33-17-21-36(45)22-18-33;1-38(2,3)50-37(47)30-9-5-27(6-10-30)25-49-35(36(46)39(42,43)44)23-26-7-19-33(20-8-26)48-22-21-45(4)24-34(28-11-15-31(40)16-12-28)29-13-17-32(41)18-14-29/h9-24,38-39H,25-29H2,1-8H3;5-20,34-35H,21-25H2,1-4H3. The molecule has 570 valence electrons. The highest BCUT2D eigenvalue weighted by molar-refractivity contribution is 6.69. The molecule has 0 heterocycles. The molecule has 0 saturated heterocycles. The Morgan fingerprint density at radius 3 is 1.07 bits per heavy atom. The summed E-state index contributed by atoms with van der Waals surface area (Å²) < 4.78 is 131. The average molecular weight is 1570 g/mol. The number of carbonyl (C=O) groups is 3. The Morgan fingerprint density at radius 2 is 0.764 bits per heavy atom. The minimum Gasteiger partial charge on any atom is -0.492 e. The Labute approximate surface area is 639 Å². The van der Waals surface area contributed by atoms with Gasteiger partial charge in [0.05, 0.1) is 24.3 Å². The molecule has 0 N–H and O–H groups in total. The molecule has 0 radical (unpaired) electrons. The van der Waals surface area contributed by atoms with E-state index in [4.69, 9.17) is 84.0 Å². The molecule has 8 aromatic carbocycles. The molecule has 0 aliphatic carbocycles. The Hall–Kier alpha value is -7.31. The van der Waals surface area contributed by atoms with Crippen molar-refractivity contribution in [3.63, 3.8) is 0 Å². The first-order valence-electron chi connectivity index (χ1n) is 34.4. The summed E-state index contributed by atoms with van der Waals surface area (Å²) in [7, 11) is 2.16. The van der Waals surface area contributed by atoms with Crippen molar-refractivity contribution in [2.45, 2.75) is 141 Å². The molecule has 13 nitrogen and oxygen atoms in total. The fraction of sp³-hybridized carbons (Fsp3) is 0.378. The largest absolute Gasteiger partial charge is 0.492 e. The smallest absolute Gasteiger partial charge is 0.452 e. The zero-order chi connectivity index (χ0) is 77.8. The number of rotatable bonds is 33. The van der Waals surface area contributed by atoms with E-state index in [1.807, 2.05) is 111 Å². The van der Waals surface area contributed by atoms with Crippen LogP contribution in [0.1, 0.15) is 119 Å². The Bertz CT molecular complexity index is 3960. The molecule has 0 saturated carbocycles. The van der Waals surface area contributed by atoms with Gasteiger partial charge in [-0.05, 0) is 217 Å². The van der Waals surface area contributed by atoms with Crippen LogP contribution >= 0.6 is 46.4 Å². The van der Waals surface area contributed by atoms with Gasteiger partial charge in [-0.2, -0.15) is 26.3 Å². The van der Waals surface area contributed by atoms with Gasteiger partial charge in [0.1, 0.15) is 48.1 Å². The number of hydrogen-bond donors (Lipinski definition) is 0. The number of Topliss-reactive ketones (excluding diaryl/α,β-unsaturated/α-hetero) is 1.